The highest BCUT2D eigenvalue weighted by Gasteiger charge is 2.05. The molecule has 0 spiro atoms. The highest BCUT2D eigenvalue weighted by Crippen LogP contribution is 2.32. The number of nitrogens with zero attached hydrogens (tertiary/aromatic N) is 1. The van der Waals surface area contributed by atoms with Gasteiger partial charge in [-0.25, -0.2) is 11.3 Å². The summed E-state index contributed by atoms with van der Waals surface area (Å²) in [5.74, 6) is 5.29. The fraction of sp³-hybridized carbons (Fsp3) is 0.136. The van der Waals surface area contributed by atoms with Crippen LogP contribution in [0, 0.1) is 6.92 Å². The molecule has 0 unspecified atom stereocenters. The fourth-order valence-corrected chi connectivity index (χ4v) is 4.25. The van der Waals surface area contributed by atoms with E-state index >= 15 is 0 Å². The van der Waals surface area contributed by atoms with E-state index < -0.39 is 5.91 Å². The highest BCUT2D eigenvalue weighted by atomic mass is 32.2. The molecule has 170 valence electrons. The fourth-order valence-electron chi connectivity index (χ4n) is 2.37. The number of carbonyl (C=O) groups excluding carboxylic acids is 1. The van der Waals surface area contributed by atoms with Gasteiger partial charge in [-0.1, -0.05) is 48.0 Å². The van der Waals surface area contributed by atoms with Crippen LogP contribution in [0.5, 0.6) is 5.75 Å². The number of hydroxylamine groups is 1. The molecule has 0 fully saturated rings. The summed E-state index contributed by atoms with van der Waals surface area (Å²) in [6.45, 7) is 2.20. The van der Waals surface area contributed by atoms with Gasteiger partial charge in [0, 0.05) is 23.3 Å². The van der Waals surface area contributed by atoms with E-state index in [0.717, 1.165) is 9.22 Å². The second-order valence-corrected chi connectivity index (χ2v) is 8.93. The van der Waals surface area contributed by atoms with E-state index in [9.17, 15) is 4.79 Å². The molecule has 1 aromatic heterocycles. The normalized spacial score (nSPS) is 10.8. The summed E-state index contributed by atoms with van der Waals surface area (Å²) in [5.41, 5.74) is 10.2. The third kappa shape index (κ3) is 9.41. The zero-order valence-electron chi connectivity index (χ0n) is 17.6. The Hall–Kier alpha value is -3.02. The molecule has 3 rings (SSSR count). The van der Waals surface area contributed by atoms with E-state index in [0.29, 0.717) is 18.0 Å². The van der Waals surface area contributed by atoms with E-state index in [2.05, 4.69) is 22.9 Å². The van der Waals surface area contributed by atoms with Crippen molar-refractivity contribution in [1.29, 1.82) is 0 Å². The van der Waals surface area contributed by atoms with Gasteiger partial charge in [0.05, 0.1) is 4.21 Å². The summed E-state index contributed by atoms with van der Waals surface area (Å²) in [6, 6.07) is 21.4. The van der Waals surface area contributed by atoms with Gasteiger partial charge >= 0.3 is 0 Å². The molecule has 8 nitrogen and oxygen atoms in total. The summed E-state index contributed by atoms with van der Waals surface area (Å²) in [5, 5.41) is 18.3. The van der Waals surface area contributed by atoms with Crippen LogP contribution in [-0.4, -0.2) is 34.3 Å². The second kappa shape index (κ2) is 13.4. The zero-order valence-corrected chi connectivity index (χ0v) is 19.2. The maximum Gasteiger partial charge on any atom is 0.264 e. The van der Waals surface area contributed by atoms with Crippen LogP contribution in [0.2, 0.25) is 0 Å². The lowest BCUT2D eigenvalue weighted by Crippen LogP contribution is -2.37. The maximum atomic E-state index is 11.0. The Morgan fingerprint density at radius 1 is 1.12 bits per heavy atom. The molecule has 3 aromatic rings. The van der Waals surface area contributed by atoms with Crippen LogP contribution in [0.25, 0.3) is 10.4 Å². The predicted octanol–water partition coefficient (Wildman–Crippen LogP) is 3.19. The molecule has 0 aliphatic carbocycles. The molecule has 0 aliphatic heterocycles. The zero-order chi connectivity index (χ0) is 23.3. The Morgan fingerprint density at radius 3 is 2.44 bits per heavy atom. The number of thiophene rings is 1. The lowest BCUT2D eigenvalue weighted by molar-refractivity contribution is -0.129. The average molecular weight is 474 g/mol. The molecular formula is C22H27N5O3S2. The lowest BCUT2D eigenvalue weighted by Gasteiger charge is -2.13. The Morgan fingerprint density at radius 2 is 1.81 bits per heavy atom. The summed E-state index contributed by atoms with van der Waals surface area (Å²) in [4.78, 5) is 12.2. The number of hydrogen-bond donors (Lipinski definition) is 6. The van der Waals surface area contributed by atoms with Gasteiger partial charge in [0.2, 0.25) is 0 Å². The SMILES string of the molecule is Cc1ccc(O)cc1.N/C(=C\N(N)CC(=O)NO)CNSc1ccc(-c2ccccc2)s1. The van der Waals surface area contributed by atoms with Gasteiger partial charge in [-0.2, -0.15) is 0 Å². The van der Waals surface area contributed by atoms with Crippen LogP contribution in [0.3, 0.4) is 0 Å². The Labute approximate surface area is 195 Å². The molecule has 1 amide bonds. The summed E-state index contributed by atoms with van der Waals surface area (Å²) in [6.07, 6.45) is 1.44. The minimum atomic E-state index is -0.615. The number of aryl methyl sites for hydroxylation is 1. The monoisotopic (exact) mass is 473 g/mol. The molecule has 32 heavy (non-hydrogen) atoms. The molecule has 10 heteroatoms. The molecule has 8 N–H and O–H groups in total. The van der Waals surface area contributed by atoms with Crippen LogP contribution in [0.4, 0.5) is 0 Å². The number of nitrogens with one attached hydrogen (secondary N) is 2. The number of amides is 1. The second-order valence-electron chi connectivity index (χ2n) is 6.65. The first-order valence-electron chi connectivity index (χ1n) is 9.58. The maximum absolute atomic E-state index is 11.0. The largest absolute Gasteiger partial charge is 0.508 e. The number of phenols is 1. The molecule has 1 heterocycles. The molecule has 0 aliphatic rings. The first kappa shape index (κ1) is 25.2. The first-order valence-corrected chi connectivity index (χ1v) is 11.2. The highest BCUT2D eigenvalue weighted by molar-refractivity contribution is 7.99. The predicted molar refractivity (Wildman–Crippen MR) is 130 cm³/mol. The van der Waals surface area contributed by atoms with Crippen molar-refractivity contribution >= 4 is 29.2 Å². The molecule has 2 aromatic carbocycles. The Balaban J connectivity index is 0.000000380. The van der Waals surface area contributed by atoms with Crippen molar-refractivity contribution in [3.05, 3.63) is 84.2 Å². The van der Waals surface area contributed by atoms with Crippen molar-refractivity contribution in [3.8, 4) is 16.2 Å². The molecular weight excluding hydrogens is 446 g/mol. The van der Waals surface area contributed by atoms with Crippen molar-refractivity contribution in [1.82, 2.24) is 15.2 Å². The number of rotatable bonds is 8. The van der Waals surface area contributed by atoms with Crippen molar-refractivity contribution in [2.24, 2.45) is 11.6 Å². The number of hydrazine groups is 1. The summed E-state index contributed by atoms with van der Waals surface area (Å²) >= 11 is 3.17. The molecule has 0 bridgehead atoms. The van der Waals surface area contributed by atoms with Gasteiger partial charge in [0.1, 0.15) is 12.3 Å². The van der Waals surface area contributed by atoms with Crippen molar-refractivity contribution in [2.45, 2.75) is 11.1 Å². The van der Waals surface area contributed by atoms with E-state index in [-0.39, 0.29) is 6.54 Å². The van der Waals surface area contributed by atoms with Gasteiger partial charge in [0.15, 0.2) is 0 Å². The lowest BCUT2D eigenvalue weighted by atomic mass is 10.2. The van der Waals surface area contributed by atoms with Crippen molar-refractivity contribution in [3.63, 3.8) is 0 Å². The minimum absolute atomic E-state index is 0.185. The number of phenolic OH excluding ortho intramolecular Hbond substituents is 1. The molecule has 0 saturated carbocycles. The van der Waals surface area contributed by atoms with Crippen LogP contribution < -0.4 is 21.8 Å². The molecule has 0 radical (unpaired) electrons. The standard InChI is InChI=1S/C15H19N5O2S2.C7H8O/c16-12(9-20(17)10-14(21)19-22)8-18-24-15-7-6-13(23-15)11-4-2-1-3-5-11;1-6-2-4-7(8)5-3-6/h1-7,9,18,22H,8,10,16-17H2,(H,19,21);2-5,8H,1H3/b12-9-;. The van der Waals surface area contributed by atoms with Gasteiger partial charge in [0.25, 0.3) is 5.91 Å². The number of carbonyl (C=O) groups is 1. The third-order valence-electron chi connectivity index (χ3n) is 3.91. The molecule has 0 saturated heterocycles. The van der Waals surface area contributed by atoms with Crippen molar-refractivity contribution < 1.29 is 15.1 Å². The molecule has 0 atom stereocenters. The van der Waals surface area contributed by atoms with Crippen molar-refractivity contribution in [2.75, 3.05) is 13.1 Å². The summed E-state index contributed by atoms with van der Waals surface area (Å²) in [7, 11) is 0. The van der Waals surface area contributed by atoms with Gasteiger partial charge < -0.3 is 15.8 Å². The van der Waals surface area contributed by atoms with Gasteiger partial charge in [-0.05, 0) is 48.7 Å². The minimum Gasteiger partial charge on any atom is -0.508 e. The Bertz CT molecular complexity index is 973. The summed E-state index contributed by atoms with van der Waals surface area (Å²) < 4.78 is 4.26. The van der Waals surface area contributed by atoms with Crippen LogP contribution in [-0.2, 0) is 4.79 Å². The van der Waals surface area contributed by atoms with Crippen LogP contribution in [0.1, 0.15) is 5.56 Å². The Kier molecular flexibility index (Phi) is 10.6. The number of aromatic hydroxyl groups is 1. The van der Waals surface area contributed by atoms with Gasteiger partial charge in [-0.15, -0.1) is 11.3 Å². The smallest absolute Gasteiger partial charge is 0.264 e. The third-order valence-corrected chi connectivity index (χ3v) is 5.96. The quantitative estimate of drug-likeness (QED) is 0.127. The number of hydrogen-bond acceptors (Lipinski definition) is 9. The number of nitrogens with two attached hydrogens (primary N) is 2. The van der Waals surface area contributed by atoms with E-state index in [1.165, 1.54) is 39.6 Å². The van der Waals surface area contributed by atoms with E-state index in [1.54, 1.807) is 23.5 Å². The van der Waals surface area contributed by atoms with Crippen LogP contribution in [0.15, 0.2) is 82.8 Å². The van der Waals surface area contributed by atoms with Gasteiger partial charge in [-0.3, -0.25) is 14.7 Å². The first-order chi connectivity index (χ1) is 15.4. The van der Waals surface area contributed by atoms with E-state index in [4.69, 9.17) is 21.9 Å². The van der Waals surface area contributed by atoms with E-state index in [1.807, 2.05) is 43.3 Å². The van der Waals surface area contributed by atoms with Crippen LogP contribution >= 0.6 is 23.3 Å². The average Bonchev–Trinajstić information content (AvgIpc) is 3.25. The topological polar surface area (TPSA) is 137 Å². The number of benzene rings is 2.